The van der Waals surface area contributed by atoms with Gasteiger partial charge in [0.25, 0.3) is 0 Å². The molecular formula is C15H19N3O2. The Balaban J connectivity index is 1.71. The van der Waals surface area contributed by atoms with Gasteiger partial charge in [-0.05, 0) is 17.2 Å². The van der Waals surface area contributed by atoms with Crippen LogP contribution in [0.3, 0.4) is 0 Å². The molecule has 0 aromatic heterocycles. The van der Waals surface area contributed by atoms with Crippen molar-refractivity contribution in [2.24, 2.45) is 0 Å². The number of fused-ring (bicyclic) bond motifs is 1. The molecule has 0 bridgehead atoms. The van der Waals surface area contributed by atoms with Crippen molar-refractivity contribution in [2.45, 2.75) is 12.8 Å². The van der Waals surface area contributed by atoms with Crippen molar-refractivity contribution in [3.05, 3.63) is 29.3 Å². The summed E-state index contributed by atoms with van der Waals surface area (Å²) in [6.07, 6.45) is 0.868. The lowest BCUT2D eigenvalue weighted by Crippen LogP contribution is -2.46. The number of nitrogens with zero attached hydrogens (tertiary/aromatic N) is 2. The number of likely N-dealkylation sites (N-methyl/N-ethyl adjacent to an activating group) is 1. The molecule has 0 spiro atoms. The number of carbonyl (C=O) groups is 2. The fourth-order valence-electron chi connectivity index (χ4n) is 2.83. The molecule has 0 aliphatic carbocycles. The first kappa shape index (κ1) is 13.1. The molecule has 1 N–H and O–H groups in total. The Morgan fingerprint density at radius 1 is 1.30 bits per heavy atom. The Morgan fingerprint density at radius 3 is 2.80 bits per heavy atom. The third-order valence-electron chi connectivity index (χ3n) is 4.05. The van der Waals surface area contributed by atoms with E-state index < -0.39 is 0 Å². The van der Waals surface area contributed by atoms with Crippen LogP contribution in [0, 0.1) is 0 Å². The number of anilines is 1. The lowest BCUT2D eigenvalue weighted by atomic mass is 10.1. The van der Waals surface area contributed by atoms with Crippen molar-refractivity contribution in [1.29, 1.82) is 0 Å². The maximum Gasteiger partial charge on any atom is 0.231 e. The number of amides is 2. The quantitative estimate of drug-likeness (QED) is 0.836. The smallest absolute Gasteiger partial charge is 0.231 e. The lowest BCUT2D eigenvalue weighted by molar-refractivity contribution is -0.131. The highest BCUT2D eigenvalue weighted by molar-refractivity contribution is 6.01. The fraction of sp³-hybridized carbons (Fsp3) is 0.467. The number of rotatable bonds is 2. The predicted molar refractivity (Wildman–Crippen MR) is 76.7 cm³/mol. The number of nitrogens with one attached hydrogen (secondary N) is 1. The molecule has 3 rings (SSSR count). The van der Waals surface area contributed by atoms with Gasteiger partial charge < -0.3 is 15.1 Å². The maximum absolute atomic E-state index is 12.2. The monoisotopic (exact) mass is 273 g/mol. The van der Waals surface area contributed by atoms with Crippen LogP contribution in [0.4, 0.5) is 5.69 Å². The van der Waals surface area contributed by atoms with Crippen molar-refractivity contribution in [2.75, 3.05) is 38.1 Å². The molecule has 0 unspecified atom stereocenters. The van der Waals surface area contributed by atoms with Crippen LogP contribution < -0.4 is 10.2 Å². The Morgan fingerprint density at radius 2 is 2.05 bits per heavy atom. The van der Waals surface area contributed by atoms with E-state index in [4.69, 9.17) is 0 Å². The van der Waals surface area contributed by atoms with E-state index in [0.29, 0.717) is 12.8 Å². The molecule has 0 saturated carbocycles. The van der Waals surface area contributed by atoms with Gasteiger partial charge in [-0.3, -0.25) is 9.59 Å². The van der Waals surface area contributed by atoms with Crippen molar-refractivity contribution >= 4 is 17.5 Å². The molecule has 2 heterocycles. The van der Waals surface area contributed by atoms with E-state index in [9.17, 15) is 9.59 Å². The zero-order valence-electron chi connectivity index (χ0n) is 11.7. The largest absolute Gasteiger partial charge is 0.340 e. The van der Waals surface area contributed by atoms with Crippen molar-refractivity contribution in [1.82, 2.24) is 10.2 Å². The summed E-state index contributed by atoms with van der Waals surface area (Å²) in [5, 5.41) is 3.24. The van der Waals surface area contributed by atoms with E-state index in [1.165, 1.54) is 0 Å². The number of hydrogen-bond acceptors (Lipinski definition) is 3. The summed E-state index contributed by atoms with van der Waals surface area (Å²) in [5.74, 6) is 0.287. The van der Waals surface area contributed by atoms with Crippen LogP contribution in [0.2, 0.25) is 0 Å². The fourth-order valence-corrected chi connectivity index (χ4v) is 2.83. The maximum atomic E-state index is 12.2. The van der Waals surface area contributed by atoms with Gasteiger partial charge in [-0.15, -0.1) is 0 Å². The van der Waals surface area contributed by atoms with Crippen LogP contribution in [-0.2, 0) is 22.4 Å². The van der Waals surface area contributed by atoms with Gasteiger partial charge in [0.2, 0.25) is 11.8 Å². The minimum Gasteiger partial charge on any atom is -0.340 e. The molecular weight excluding hydrogens is 254 g/mol. The molecule has 0 atom stereocenters. The number of hydrogen-bond donors (Lipinski definition) is 1. The van der Waals surface area contributed by atoms with Crippen molar-refractivity contribution in [3.63, 3.8) is 0 Å². The summed E-state index contributed by atoms with van der Waals surface area (Å²) in [6, 6.07) is 5.89. The van der Waals surface area contributed by atoms with Gasteiger partial charge >= 0.3 is 0 Å². The molecule has 2 aliphatic heterocycles. The molecule has 1 fully saturated rings. The molecule has 106 valence electrons. The SMILES string of the molecule is CN1C(=O)Cc2cc(CC(=O)N3CCNCC3)ccc21. The third kappa shape index (κ3) is 2.41. The van der Waals surface area contributed by atoms with Crippen LogP contribution in [0.1, 0.15) is 11.1 Å². The molecule has 1 aromatic rings. The van der Waals surface area contributed by atoms with E-state index in [0.717, 1.165) is 43.0 Å². The normalized spacial score (nSPS) is 18.4. The Bertz CT molecular complexity index is 550. The topological polar surface area (TPSA) is 52.7 Å². The van der Waals surface area contributed by atoms with Gasteiger partial charge in [0, 0.05) is 38.9 Å². The molecule has 2 aliphatic rings. The summed E-state index contributed by atoms with van der Waals surface area (Å²) in [4.78, 5) is 27.5. The Labute approximate surface area is 118 Å². The van der Waals surface area contributed by atoms with Gasteiger partial charge in [0.05, 0.1) is 12.8 Å². The molecule has 1 aromatic carbocycles. The molecule has 2 amide bonds. The number of piperazine rings is 1. The Hall–Kier alpha value is -1.88. The number of benzene rings is 1. The van der Waals surface area contributed by atoms with Gasteiger partial charge in [-0.25, -0.2) is 0 Å². The minimum atomic E-state index is 0.116. The van der Waals surface area contributed by atoms with E-state index >= 15 is 0 Å². The molecule has 5 heteroatoms. The summed E-state index contributed by atoms with van der Waals surface area (Å²) in [5.41, 5.74) is 2.99. The van der Waals surface area contributed by atoms with E-state index in [2.05, 4.69) is 5.32 Å². The average Bonchev–Trinajstić information content (AvgIpc) is 2.74. The second-order valence-electron chi connectivity index (χ2n) is 5.40. The van der Waals surface area contributed by atoms with Gasteiger partial charge in [-0.2, -0.15) is 0 Å². The minimum absolute atomic E-state index is 0.116. The van der Waals surface area contributed by atoms with Crippen LogP contribution in [0.15, 0.2) is 18.2 Å². The predicted octanol–water partition coefficient (Wildman–Crippen LogP) is 0.180. The highest BCUT2D eigenvalue weighted by Gasteiger charge is 2.24. The Kier molecular flexibility index (Phi) is 3.44. The zero-order chi connectivity index (χ0) is 14.1. The first-order valence-corrected chi connectivity index (χ1v) is 7.02. The molecule has 5 nitrogen and oxygen atoms in total. The van der Waals surface area contributed by atoms with Crippen LogP contribution in [0.5, 0.6) is 0 Å². The third-order valence-corrected chi connectivity index (χ3v) is 4.05. The second kappa shape index (κ2) is 5.25. The molecule has 1 saturated heterocycles. The molecule has 20 heavy (non-hydrogen) atoms. The first-order chi connectivity index (χ1) is 9.65. The van der Waals surface area contributed by atoms with Gasteiger partial charge in [-0.1, -0.05) is 12.1 Å². The first-order valence-electron chi connectivity index (χ1n) is 7.02. The lowest BCUT2D eigenvalue weighted by Gasteiger charge is -2.27. The standard InChI is InChI=1S/C15H19N3O2/c1-17-13-3-2-11(8-12(13)10-14(17)19)9-15(20)18-6-4-16-5-7-18/h2-3,8,16H,4-7,9-10H2,1H3. The summed E-state index contributed by atoms with van der Waals surface area (Å²) in [6.45, 7) is 3.31. The molecule has 0 radical (unpaired) electrons. The van der Waals surface area contributed by atoms with Crippen LogP contribution in [-0.4, -0.2) is 49.9 Å². The highest BCUT2D eigenvalue weighted by Crippen LogP contribution is 2.28. The van der Waals surface area contributed by atoms with Crippen LogP contribution in [0.25, 0.3) is 0 Å². The second-order valence-corrected chi connectivity index (χ2v) is 5.40. The summed E-state index contributed by atoms with van der Waals surface area (Å²) < 4.78 is 0. The average molecular weight is 273 g/mol. The highest BCUT2D eigenvalue weighted by atomic mass is 16.2. The van der Waals surface area contributed by atoms with Crippen LogP contribution >= 0.6 is 0 Å². The van der Waals surface area contributed by atoms with Gasteiger partial charge in [0.1, 0.15) is 0 Å². The van der Waals surface area contributed by atoms with Crippen molar-refractivity contribution < 1.29 is 9.59 Å². The summed E-state index contributed by atoms with van der Waals surface area (Å²) >= 11 is 0. The van der Waals surface area contributed by atoms with E-state index in [1.54, 1.807) is 11.9 Å². The number of carbonyl (C=O) groups excluding carboxylic acids is 2. The van der Waals surface area contributed by atoms with E-state index in [-0.39, 0.29) is 11.8 Å². The summed E-state index contributed by atoms with van der Waals surface area (Å²) in [7, 11) is 1.79. The zero-order valence-corrected chi connectivity index (χ0v) is 11.7. The van der Waals surface area contributed by atoms with Gasteiger partial charge in [0.15, 0.2) is 0 Å². The van der Waals surface area contributed by atoms with Crippen molar-refractivity contribution in [3.8, 4) is 0 Å². The van der Waals surface area contributed by atoms with E-state index in [1.807, 2.05) is 23.1 Å².